The number of aldehydes is 1. The van der Waals surface area contributed by atoms with Crippen LogP contribution in [0.15, 0.2) is 69.8 Å². The van der Waals surface area contributed by atoms with Crippen LogP contribution in [0.1, 0.15) is 10.4 Å². The number of carbonyl (C=O) groups is 1. The standard InChI is InChI=1S/C23H14BrFN4O2/c1-29-12-26-28-22(29)18-10-16(25)5-6-17(18)14-3-2-4-15(9-14)23-27-20-8-13(11-30)7-19(24)21(20)31-23/h2-12H,1H3. The molecule has 31 heavy (non-hydrogen) atoms. The summed E-state index contributed by atoms with van der Waals surface area (Å²) in [6, 6.07) is 15.6. The van der Waals surface area contributed by atoms with Crippen LogP contribution < -0.4 is 0 Å². The molecule has 0 amide bonds. The summed E-state index contributed by atoms with van der Waals surface area (Å²) in [5.41, 5.74) is 4.69. The molecule has 0 aliphatic heterocycles. The molecule has 3 aromatic carbocycles. The van der Waals surface area contributed by atoms with Crippen molar-refractivity contribution in [1.29, 1.82) is 0 Å². The minimum atomic E-state index is -0.354. The van der Waals surface area contributed by atoms with Crippen molar-refractivity contribution in [3.8, 4) is 34.0 Å². The van der Waals surface area contributed by atoms with Gasteiger partial charge in [-0.25, -0.2) is 9.37 Å². The second kappa shape index (κ2) is 7.55. The summed E-state index contributed by atoms with van der Waals surface area (Å²) in [7, 11) is 1.81. The summed E-state index contributed by atoms with van der Waals surface area (Å²) in [6.45, 7) is 0. The molecule has 0 bridgehead atoms. The molecule has 0 unspecified atom stereocenters. The van der Waals surface area contributed by atoms with Gasteiger partial charge in [-0.1, -0.05) is 18.2 Å². The Labute approximate surface area is 184 Å². The van der Waals surface area contributed by atoms with Gasteiger partial charge in [0.2, 0.25) is 5.89 Å². The molecule has 152 valence electrons. The van der Waals surface area contributed by atoms with Gasteiger partial charge < -0.3 is 8.98 Å². The molecule has 0 atom stereocenters. The number of hydrogen-bond donors (Lipinski definition) is 0. The Balaban J connectivity index is 1.64. The highest BCUT2D eigenvalue weighted by atomic mass is 79.9. The molecule has 0 aliphatic rings. The van der Waals surface area contributed by atoms with Gasteiger partial charge in [0, 0.05) is 23.7 Å². The van der Waals surface area contributed by atoms with Gasteiger partial charge in [-0.05, 0) is 63.5 Å². The van der Waals surface area contributed by atoms with E-state index in [2.05, 4.69) is 31.1 Å². The van der Waals surface area contributed by atoms with Crippen molar-refractivity contribution in [2.24, 2.45) is 7.05 Å². The fourth-order valence-corrected chi connectivity index (χ4v) is 4.05. The SMILES string of the molecule is Cn1cnnc1-c1cc(F)ccc1-c1cccc(-c2nc3cc(C=O)cc(Br)c3o2)c1. The van der Waals surface area contributed by atoms with Crippen LogP contribution in [0.25, 0.3) is 45.1 Å². The fraction of sp³-hybridized carbons (Fsp3) is 0.0435. The monoisotopic (exact) mass is 476 g/mol. The summed E-state index contributed by atoms with van der Waals surface area (Å²) in [5, 5.41) is 8.04. The molecule has 0 aliphatic carbocycles. The maximum absolute atomic E-state index is 14.0. The highest BCUT2D eigenvalue weighted by molar-refractivity contribution is 9.10. The number of oxazole rings is 1. The van der Waals surface area contributed by atoms with Crippen molar-refractivity contribution in [2.75, 3.05) is 0 Å². The van der Waals surface area contributed by atoms with E-state index in [1.807, 2.05) is 31.3 Å². The minimum absolute atomic E-state index is 0.354. The number of hydrogen-bond acceptors (Lipinski definition) is 5. The molecular formula is C23H14BrFN4O2. The van der Waals surface area contributed by atoms with E-state index in [1.54, 1.807) is 29.1 Å². The third-order valence-corrected chi connectivity index (χ3v) is 5.55. The molecule has 0 radical (unpaired) electrons. The Morgan fingerprint density at radius 1 is 1.06 bits per heavy atom. The van der Waals surface area contributed by atoms with Crippen molar-refractivity contribution in [3.63, 3.8) is 0 Å². The Morgan fingerprint density at radius 2 is 1.90 bits per heavy atom. The number of carbonyl (C=O) groups excluding carboxylic acids is 1. The van der Waals surface area contributed by atoms with E-state index in [1.165, 1.54) is 12.1 Å². The van der Waals surface area contributed by atoms with E-state index >= 15 is 0 Å². The van der Waals surface area contributed by atoms with E-state index < -0.39 is 0 Å². The van der Waals surface area contributed by atoms with Gasteiger partial charge in [-0.3, -0.25) is 4.79 Å². The number of rotatable bonds is 4. The van der Waals surface area contributed by atoms with Crippen molar-refractivity contribution in [1.82, 2.24) is 19.7 Å². The lowest BCUT2D eigenvalue weighted by Gasteiger charge is -2.10. The molecule has 0 fully saturated rings. The minimum Gasteiger partial charge on any atom is -0.435 e. The first-order valence-corrected chi connectivity index (χ1v) is 10.1. The van der Waals surface area contributed by atoms with E-state index in [0.717, 1.165) is 23.0 Å². The third kappa shape index (κ3) is 3.44. The third-order valence-electron chi connectivity index (χ3n) is 4.96. The molecule has 0 saturated heterocycles. The summed E-state index contributed by atoms with van der Waals surface area (Å²) in [6.07, 6.45) is 2.34. The largest absolute Gasteiger partial charge is 0.435 e. The molecule has 0 spiro atoms. The molecule has 2 heterocycles. The van der Waals surface area contributed by atoms with Crippen LogP contribution in [0.4, 0.5) is 4.39 Å². The second-order valence-electron chi connectivity index (χ2n) is 7.02. The van der Waals surface area contributed by atoms with Crippen molar-refractivity contribution in [3.05, 3.63) is 76.8 Å². The topological polar surface area (TPSA) is 73.8 Å². The molecule has 0 N–H and O–H groups in total. The lowest BCUT2D eigenvalue weighted by molar-refractivity contribution is 0.112. The van der Waals surface area contributed by atoms with E-state index in [9.17, 15) is 9.18 Å². The predicted octanol–water partition coefficient (Wildman–Crippen LogP) is 5.67. The van der Waals surface area contributed by atoms with Crippen LogP contribution in [0.3, 0.4) is 0 Å². The Morgan fingerprint density at radius 3 is 2.68 bits per heavy atom. The van der Waals surface area contributed by atoms with E-state index in [-0.39, 0.29) is 5.82 Å². The maximum Gasteiger partial charge on any atom is 0.227 e. The van der Waals surface area contributed by atoms with Gasteiger partial charge in [0.05, 0.1) is 4.47 Å². The van der Waals surface area contributed by atoms with E-state index in [4.69, 9.17) is 4.42 Å². The van der Waals surface area contributed by atoms with Crippen LogP contribution in [-0.4, -0.2) is 26.0 Å². The van der Waals surface area contributed by atoms with Gasteiger partial charge in [0.25, 0.3) is 0 Å². The molecule has 8 heteroatoms. The molecule has 2 aromatic heterocycles. The number of fused-ring (bicyclic) bond motifs is 1. The van der Waals surface area contributed by atoms with Crippen LogP contribution in [0, 0.1) is 5.82 Å². The zero-order chi connectivity index (χ0) is 21.5. The average molecular weight is 477 g/mol. The first-order valence-electron chi connectivity index (χ1n) is 9.33. The van der Waals surface area contributed by atoms with Gasteiger partial charge in [0.1, 0.15) is 23.9 Å². The number of aryl methyl sites for hydroxylation is 1. The van der Waals surface area contributed by atoms with Crippen LogP contribution >= 0.6 is 15.9 Å². The molecule has 0 saturated carbocycles. The van der Waals surface area contributed by atoms with Crippen LogP contribution in [0.5, 0.6) is 0 Å². The molecular weight excluding hydrogens is 463 g/mol. The van der Waals surface area contributed by atoms with Crippen LogP contribution in [0.2, 0.25) is 0 Å². The van der Waals surface area contributed by atoms with Crippen LogP contribution in [-0.2, 0) is 7.05 Å². The second-order valence-corrected chi connectivity index (χ2v) is 7.88. The van der Waals surface area contributed by atoms with E-state index in [0.29, 0.717) is 38.4 Å². The molecule has 6 nitrogen and oxygen atoms in total. The Kier molecular flexibility index (Phi) is 4.71. The normalized spacial score (nSPS) is 11.2. The summed E-state index contributed by atoms with van der Waals surface area (Å²) >= 11 is 3.43. The first kappa shape index (κ1) is 19.3. The Bertz CT molecular complexity index is 1460. The highest BCUT2D eigenvalue weighted by Gasteiger charge is 2.16. The predicted molar refractivity (Wildman–Crippen MR) is 118 cm³/mol. The zero-order valence-corrected chi connectivity index (χ0v) is 17.8. The lowest BCUT2D eigenvalue weighted by atomic mass is 9.97. The molecule has 5 aromatic rings. The first-order chi connectivity index (χ1) is 15.0. The molecule has 5 rings (SSSR count). The van der Waals surface area contributed by atoms with Crippen molar-refractivity contribution >= 4 is 33.3 Å². The summed E-state index contributed by atoms with van der Waals surface area (Å²) < 4.78 is 22.4. The smallest absolute Gasteiger partial charge is 0.227 e. The van der Waals surface area contributed by atoms with Crippen molar-refractivity contribution < 1.29 is 13.6 Å². The maximum atomic E-state index is 14.0. The average Bonchev–Trinajstić information content (AvgIpc) is 3.40. The van der Waals surface area contributed by atoms with Gasteiger partial charge in [0.15, 0.2) is 11.4 Å². The highest BCUT2D eigenvalue weighted by Crippen LogP contribution is 2.35. The summed E-state index contributed by atoms with van der Waals surface area (Å²) in [5.74, 6) is 0.627. The lowest BCUT2D eigenvalue weighted by Crippen LogP contribution is -1.95. The zero-order valence-electron chi connectivity index (χ0n) is 16.2. The van der Waals surface area contributed by atoms with Gasteiger partial charge >= 0.3 is 0 Å². The fourth-order valence-electron chi connectivity index (χ4n) is 3.50. The van der Waals surface area contributed by atoms with Gasteiger partial charge in [-0.2, -0.15) is 0 Å². The number of benzene rings is 3. The Hall–Kier alpha value is -3.65. The summed E-state index contributed by atoms with van der Waals surface area (Å²) in [4.78, 5) is 15.7. The van der Waals surface area contributed by atoms with Crippen molar-refractivity contribution in [2.45, 2.75) is 0 Å². The van der Waals surface area contributed by atoms with Gasteiger partial charge in [-0.15, -0.1) is 10.2 Å². The number of nitrogens with zero attached hydrogens (tertiary/aromatic N) is 4. The number of aromatic nitrogens is 4. The quantitative estimate of drug-likeness (QED) is 0.312. The number of halogens is 2.